The first-order valence-electron chi connectivity index (χ1n) is 11.5. The number of aromatic amines is 2. The number of nitrogens with zero attached hydrogens (tertiary/aromatic N) is 4. The summed E-state index contributed by atoms with van der Waals surface area (Å²) < 4.78 is 2.53. The summed E-state index contributed by atoms with van der Waals surface area (Å²) in [6.45, 7) is 3.97. The van der Waals surface area contributed by atoms with E-state index in [1.165, 1.54) is 25.7 Å². The summed E-state index contributed by atoms with van der Waals surface area (Å²) in [5.41, 5.74) is 8.06. The van der Waals surface area contributed by atoms with Gasteiger partial charge in [0.2, 0.25) is 0 Å². The molecule has 0 aliphatic rings. The van der Waals surface area contributed by atoms with Gasteiger partial charge in [-0.2, -0.15) is 0 Å². The van der Waals surface area contributed by atoms with Crippen LogP contribution in [-0.4, -0.2) is 29.9 Å². The molecule has 4 heterocycles. The molecular weight excluding hydrogens is 452 g/mol. The molecule has 166 valence electrons. The van der Waals surface area contributed by atoms with Crippen molar-refractivity contribution in [3.05, 3.63) is 72.6 Å². The molecule has 0 unspecified atom stereocenters. The summed E-state index contributed by atoms with van der Waals surface area (Å²) in [6, 6.07) is 17.7. The SMILES string of the molecule is Cc1nc2cc3sc4cc(-c5ccc6c(c5)c5nccnc5c5[nH]c(C)nc65)ccc4c3cc2[nH]1. The first kappa shape index (κ1) is 19.0. The molecule has 0 amide bonds. The van der Waals surface area contributed by atoms with Crippen LogP contribution in [0.25, 0.3) is 75.2 Å². The molecule has 8 rings (SSSR count). The summed E-state index contributed by atoms with van der Waals surface area (Å²) in [5.74, 6) is 1.82. The van der Waals surface area contributed by atoms with E-state index in [-0.39, 0.29) is 0 Å². The summed E-state index contributed by atoms with van der Waals surface area (Å²) in [5, 5.41) is 4.69. The number of imidazole rings is 2. The van der Waals surface area contributed by atoms with Crippen LogP contribution in [0.4, 0.5) is 0 Å². The number of H-pyrrole nitrogens is 2. The largest absolute Gasteiger partial charge is 0.342 e. The van der Waals surface area contributed by atoms with Gasteiger partial charge in [0.05, 0.1) is 27.6 Å². The Morgan fingerprint density at radius 3 is 2.26 bits per heavy atom. The number of hydrogen-bond acceptors (Lipinski definition) is 5. The Hall–Kier alpha value is -4.36. The maximum absolute atomic E-state index is 4.75. The van der Waals surface area contributed by atoms with Crippen LogP contribution in [0.15, 0.2) is 60.9 Å². The Labute approximate surface area is 202 Å². The van der Waals surface area contributed by atoms with Crippen LogP contribution in [0.3, 0.4) is 0 Å². The zero-order chi connectivity index (χ0) is 23.3. The van der Waals surface area contributed by atoms with E-state index in [0.29, 0.717) is 0 Å². The molecule has 0 bridgehead atoms. The summed E-state index contributed by atoms with van der Waals surface area (Å²) >= 11 is 1.82. The van der Waals surface area contributed by atoms with Gasteiger partial charge in [-0.25, -0.2) is 9.97 Å². The van der Waals surface area contributed by atoms with Crippen molar-refractivity contribution in [2.75, 3.05) is 0 Å². The maximum Gasteiger partial charge on any atom is 0.115 e. The van der Waals surface area contributed by atoms with E-state index >= 15 is 0 Å². The van der Waals surface area contributed by atoms with E-state index in [1.54, 1.807) is 12.4 Å². The highest BCUT2D eigenvalue weighted by Gasteiger charge is 2.15. The van der Waals surface area contributed by atoms with E-state index in [2.05, 4.69) is 68.5 Å². The number of hydrogen-bond donors (Lipinski definition) is 2. The molecule has 7 heteroatoms. The molecule has 0 atom stereocenters. The smallest absolute Gasteiger partial charge is 0.115 e. The highest BCUT2D eigenvalue weighted by molar-refractivity contribution is 7.25. The molecular formula is C28H18N6S. The third-order valence-electron chi connectivity index (χ3n) is 6.81. The Bertz CT molecular complexity index is 2150. The Balaban J connectivity index is 1.37. The van der Waals surface area contributed by atoms with Gasteiger partial charge < -0.3 is 9.97 Å². The summed E-state index contributed by atoms with van der Waals surface area (Å²) in [4.78, 5) is 25.4. The standard InChI is InChI=1S/C28H18N6S/c1-13-31-21-11-19-17-5-3-16(10-23(17)35-24(19)12-22(21)32-13)15-4-6-18-20(9-15)25-27(30-8-7-29-25)28-26(18)33-14(2)34-28/h3-12H,1-2H3,(H,31,32)(H,33,34). The van der Waals surface area contributed by atoms with Gasteiger partial charge in [0.15, 0.2) is 0 Å². The topological polar surface area (TPSA) is 83.1 Å². The van der Waals surface area contributed by atoms with Crippen molar-refractivity contribution in [3.8, 4) is 11.1 Å². The van der Waals surface area contributed by atoms with Crippen molar-refractivity contribution in [1.82, 2.24) is 29.9 Å². The van der Waals surface area contributed by atoms with E-state index < -0.39 is 0 Å². The minimum absolute atomic E-state index is 0.854. The van der Waals surface area contributed by atoms with Gasteiger partial charge in [-0.15, -0.1) is 11.3 Å². The second-order valence-corrected chi connectivity index (χ2v) is 10.1. The number of rotatable bonds is 1. The molecule has 0 radical (unpaired) electrons. The fourth-order valence-electron chi connectivity index (χ4n) is 5.29. The van der Waals surface area contributed by atoms with Gasteiger partial charge in [-0.1, -0.05) is 24.3 Å². The zero-order valence-electron chi connectivity index (χ0n) is 19.0. The predicted molar refractivity (Wildman–Crippen MR) is 144 cm³/mol. The van der Waals surface area contributed by atoms with Crippen LogP contribution in [-0.2, 0) is 0 Å². The molecule has 0 saturated carbocycles. The van der Waals surface area contributed by atoms with Crippen LogP contribution in [0.1, 0.15) is 11.6 Å². The molecule has 0 fully saturated rings. The molecule has 0 aliphatic carbocycles. The number of fused-ring (bicyclic) bond motifs is 10. The van der Waals surface area contributed by atoms with Crippen molar-refractivity contribution in [2.24, 2.45) is 0 Å². The number of aromatic nitrogens is 6. The Kier molecular flexibility index (Phi) is 3.59. The van der Waals surface area contributed by atoms with Gasteiger partial charge in [0.25, 0.3) is 0 Å². The van der Waals surface area contributed by atoms with Crippen molar-refractivity contribution in [2.45, 2.75) is 13.8 Å². The van der Waals surface area contributed by atoms with Gasteiger partial charge in [-0.3, -0.25) is 9.97 Å². The lowest BCUT2D eigenvalue weighted by molar-refractivity contribution is 1.17. The quantitative estimate of drug-likeness (QED) is 0.249. The van der Waals surface area contributed by atoms with E-state index in [1.807, 2.05) is 25.2 Å². The number of thiophene rings is 1. The van der Waals surface area contributed by atoms with E-state index in [4.69, 9.17) is 9.97 Å². The lowest BCUT2D eigenvalue weighted by Gasteiger charge is -2.08. The Morgan fingerprint density at radius 1 is 0.629 bits per heavy atom. The first-order chi connectivity index (χ1) is 17.1. The van der Waals surface area contributed by atoms with Gasteiger partial charge in [0.1, 0.15) is 17.2 Å². The highest BCUT2D eigenvalue weighted by atomic mass is 32.1. The molecule has 0 aliphatic heterocycles. The second kappa shape index (κ2) is 6.61. The third-order valence-corrected chi connectivity index (χ3v) is 7.93. The van der Waals surface area contributed by atoms with Gasteiger partial charge in [-0.05, 0) is 49.2 Å². The monoisotopic (exact) mass is 470 g/mol. The maximum atomic E-state index is 4.75. The molecule has 4 aromatic carbocycles. The predicted octanol–water partition coefficient (Wildman–Crippen LogP) is 7.19. The van der Waals surface area contributed by atoms with Crippen LogP contribution >= 0.6 is 11.3 Å². The number of aryl methyl sites for hydroxylation is 2. The zero-order valence-corrected chi connectivity index (χ0v) is 19.8. The number of benzene rings is 4. The van der Waals surface area contributed by atoms with E-state index in [9.17, 15) is 0 Å². The van der Waals surface area contributed by atoms with E-state index in [0.717, 1.165) is 61.1 Å². The summed E-state index contributed by atoms with van der Waals surface area (Å²) in [7, 11) is 0. The van der Waals surface area contributed by atoms with Crippen molar-refractivity contribution >= 4 is 75.4 Å². The summed E-state index contributed by atoms with van der Waals surface area (Å²) in [6.07, 6.45) is 3.49. The van der Waals surface area contributed by atoms with Crippen LogP contribution in [0.2, 0.25) is 0 Å². The molecule has 35 heavy (non-hydrogen) atoms. The number of nitrogens with one attached hydrogen (secondary N) is 2. The Morgan fingerprint density at radius 2 is 1.37 bits per heavy atom. The minimum Gasteiger partial charge on any atom is -0.342 e. The molecule has 4 aromatic heterocycles. The molecule has 6 nitrogen and oxygen atoms in total. The minimum atomic E-state index is 0.854. The normalized spacial score (nSPS) is 12.3. The van der Waals surface area contributed by atoms with Crippen LogP contribution in [0.5, 0.6) is 0 Å². The van der Waals surface area contributed by atoms with Crippen molar-refractivity contribution in [1.29, 1.82) is 0 Å². The van der Waals surface area contributed by atoms with Gasteiger partial charge >= 0.3 is 0 Å². The van der Waals surface area contributed by atoms with Crippen LogP contribution in [0, 0.1) is 13.8 Å². The van der Waals surface area contributed by atoms with Gasteiger partial charge in [0, 0.05) is 43.3 Å². The second-order valence-electron chi connectivity index (χ2n) is 9.06. The molecule has 0 saturated heterocycles. The fraction of sp³-hybridized carbons (Fsp3) is 0.0714. The van der Waals surface area contributed by atoms with Crippen molar-refractivity contribution < 1.29 is 0 Å². The lowest BCUT2D eigenvalue weighted by atomic mass is 9.98. The third kappa shape index (κ3) is 2.64. The lowest BCUT2D eigenvalue weighted by Crippen LogP contribution is -1.88. The fourth-order valence-corrected chi connectivity index (χ4v) is 6.45. The average Bonchev–Trinajstić information content (AvgIpc) is 3.54. The van der Waals surface area contributed by atoms with Crippen molar-refractivity contribution in [3.63, 3.8) is 0 Å². The molecule has 0 spiro atoms. The van der Waals surface area contributed by atoms with Crippen LogP contribution < -0.4 is 0 Å². The average molecular weight is 471 g/mol. The highest BCUT2D eigenvalue weighted by Crippen LogP contribution is 2.39. The first-order valence-corrected chi connectivity index (χ1v) is 12.3. The molecule has 2 N–H and O–H groups in total. The molecule has 8 aromatic rings.